The molecule has 9 heteroatoms. The summed E-state index contributed by atoms with van der Waals surface area (Å²) in [5.41, 5.74) is 1.85. The average molecular weight is 397 g/mol. The molecule has 0 spiro atoms. The lowest BCUT2D eigenvalue weighted by Crippen LogP contribution is -2.25. The van der Waals surface area contributed by atoms with E-state index in [1.807, 2.05) is 30.3 Å². The maximum absolute atomic E-state index is 12.9. The fraction of sp³-hybridized carbons (Fsp3) is 0.250. The first-order chi connectivity index (χ1) is 13.8. The first-order valence-electron chi connectivity index (χ1n) is 9.09. The number of carbonyl (C=O) groups is 2. The molecule has 0 saturated heterocycles. The van der Waals surface area contributed by atoms with Crippen LogP contribution in [0.15, 0.2) is 47.4 Å². The molecule has 0 atom stereocenters. The molecule has 0 radical (unpaired) electrons. The number of aryl methyl sites for hydroxylation is 1. The van der Waals surface area contributed by atoms with Crippen LogP contribution >= 0.6 is 0 Å². The molecule has 9 nitrogen and oxygen atoms in total. The van der Waals surface area contributed by atoms with Gasteiger partial charge in [-0.3, -0.25) is 9.48 Å². The summed E-state index contributed by atoms with van der Waals surface area (Å²) in [5.74, 6) is -0.479. The van der Waals surface area contributed by atoms with Crippen LogP contribution < -0.4 is 16.2 Å². The minimum Gasteiger partial charge on any atom is -0.461 e. The fourth-order valence-corrected chi connectivity index (χ4v) is 3.03. The van der Waals surface area contributed by atoms with Crippen molar-refractivity contribution in [2.75, 3.05) is 17.2 Å². The number of ether oxygens (including phenoxy) is 1. The molecule has 152 valence electrons. The highest BCUT2D eigenvalue weighted by molar-refractivity contribution is 6.01. The Bertz CT molecular complexity index is 1110. The highest BCUT2D eigenvalue weighted by Crippen LogP contribution is 2.16. The Morgan fingerprint density at radius 2 is 1.79 bits per heavy atom. The van der Waals surface area contributed by atoms with Gasteiger partial charge in [0.15, 0.2) is 0 Å². The molecular weight excluding hydrogens is 374 g/mol. The van der Waals surface area contributed by atoms with Crippen molar-refractivity contribution in [3.63, 3.8) is 0 Å². The second kappa shape index (κ2) is 8.09. The minimum atomic E-state index is -0.586. The van der Waals surface area contributed by atoms with E-state index in [0.29, 0.717) is 22.8 Å². The van der Waals surface area contributed by atoms with Crippen molar-refractivity contribution in [1.29, 1.82) is 0 Å². The van der Waals surface area contributed by atoms with Crippen molar-refractivity contribution < 1.29 is 14.3 Å². The lowest BCUT2D eigenvalue weighted by molar-refractivity contribution is 0.0515. The number of hydrogen-bond donors (Lipinski definition) is 2. The molecule has 1 aromatic carbocycles. The van der Waals surface area contributed by atoms with Crippen LogP contribution in [0.25, 0.3) is 5.69 Å². The van der Waals surface area contributed by atoms with Crippen molar-refractivity contribution in [2.24, 2.45) is 14.1 Å². The van der Waals surface area contributed by atoms with Crippen LogP contribution in [0.4, 0.5) is 16.2 Å². The normalized spacial score (nSPS) is 10.6. The van der Waals surface area contributed by atoms with Gasteiger partial charge in [-0.1, -0.05) is 18.2 Å². The summed E-state index contributed by atoms with van der Waals surface area (Å²) in [6, 6.07) is 10.1. The van der Waals surface area contributed by atoms with Crippen LogP contribution in [0.3, 0.4) is 0 Å². The predicted molar refractivity (Wildman–Crippen MR) is 110 cm³/mol. The molecule has 29 heavy (non-hydrogen) atoms. The summed E-state index contributed by atoms with van der Waals surface area (Å²) >= 11 is 0. The summed E-state index contributed by atoms with van der Waals surface area (Å²) in [7, 11) is 3.42. The number of para-hydroxylation sites is 1. The molecule has 0 aliphatic carbocycles. The predicted octanol–water partition coefficient (Wildman–Crippen LogP) is 2.64. The molecule has 2 N–H and O–H groups in total. The highest BCUT2D eigenvalue weighted by Gasteiger charge is 2.19. The Morgan fingerprint density at radius 3 is 2.45 bits per heavy atom. The molecule has 2 heterocycles. The van der Waals surface area contributed by atoms with E-state index in [1.165, 1.54) is 10.7 Å². The fourth-order valence-electron chi connectivity index (χ4n) is 3.03. The summed E-state index contributed by atoms with van der Waals surface area (Å²) < 4.78 is 9.69. The molecule has 3 aromatic rings. The van der Waals surface area contributed by atoms with Gasteiger partial charge in [-0.2, -0.15) is 0 Å². The molecule has 0 aliphatic heterocycles. The molecule has 0 saturated carbocycles. The maximum atomic E-state index is 12.9. The Kier molecular flexibility index (Phi) is 5.58. The lowest BCUT2D eigenvalue weighted by atomic mass is 10.3. The van der Waals surface area contributed by atoms with Gasteiger partial charge in [-0.05, 0) is 32.0 Å². The molecule has 3 rings (SSSR count). The quantitative estimate of drug-likeness (QED) is 0.647. The zero-order valence-electron chi connectivity index (χ0n) is 16.7. The highest BCUT2D eigenvalue weighted by atomic mass is 16.5. The van der Waals surface area contributed by atoms with Gasteiger partial charge in [0.2, 0.25) is 0 Å². The molecule has 0 bridgehead atoms. The van der Waals surface area contributed by atoms with E-state index in [2.05, 4.69) is 10.6 Å². The van der Waals surface area contributed by atoms with Crippen molar-refractivity contribution in [3.05, 3.63) is 64.3 Å². The van der Waals surface area contributed by atoms with Gasteiger partial charge >= 0.3 is 12.0 Å². The summed E-state index contributed by atoms with van der Waals surface area (Å²) in [6.07, 6.45) is 1.59. The average Bonchev–Trinajstić information content (AvgIpc) is 3.15. The second-order valence-corrected chi connectivity index (χ2v) is 6.46. The number of nitrogens with one attached hydrogen (secondary N) is 2. The van der Waals surface area contributed by atoms with Crippen LogP contribution in [0, 0.1) is 6.92 Å². The number of hydrogen-bond acceptors (Lipinski definition) is 4. The number of benzene rings is 1. The molecule has 2 aromatic heterocycles. The zero-order valence-corrected chi connectivity index (χ0v) is 16.7. The number of urea groups is 1. The largest absolute Gasteiger partial charge is 0.461 e. The Balaban J connectivity index is 1.81. The van der Waals surface area contributed by atoms with E-state index in [9.17, 15) is 14.4 Å². The minimum absolute atomic E-state index is 0.176. The first-order valence-corrected chi connectivity index (χ1v) is 9.09. The van der Waals surface area contributed by atoms with E-state index in [0.717, 1.165) is 0 Å². The SMILES string of the molecule is CCOC(=O)c1cc(NC(=O)Nc2c(C)n(C)n(-c3ccccc3)c2=O)cn1C. The monoisotopic (exact) mass is 397 g/mol. The van der Waals surface area contributed by atoms with Gasteiger partial charge in [-0.25, -0.2) is 14.3 Å². The van der Waals surface area contributed by atoms with Crippen molar-refractivity contribution in [3.8, 4) is 5.69 Å². The van der Waals surface area contributed by atoms with E-state index in [4.69, 9.17) is 4.74 Å². The number of esters is 1. The van der Waals surface area contributed by atoms with E-state index >= 15 is 0 Å². The number of amides is 2. The second-order valence-electron chi connectivity index (χ2n) is 6.46. The molecule has 0 aliphatic rings. The van der Waals surface area contributed by atoms with Crippen LogP contribution in [0.2, 0.25) is 0 Å². The summed E-state index contributed by atoms with van der Waals surface area (Å²) in [4.78, 5) is 37.2. The van der Waals surface area contributed by atoms with Crippen molar-refractivity contribution >= 4 is 23.4 Å². The zero-order chi connectivity index (χ0) is 21.1. The van der Waals surface area contributed by atoms with E-state index in [1.54, 1.807) is 43.4 Å². The first kappa shape index (κ1) is 20.0. The summed E-state index contributed by atoms with van der Waals surface area (Å²) in [6.45, 7) is 3.73. The van der Waals surface area contributed by atoms with Gasteiger partial charge in [0.1, 0.15) is 11.4 Å². The maximum Gasteiger partial charge on any atom is 0.355 e. The van der Waals surface area contributed by atoms with Gasteiger partial charge in [0, 0.05) is 20.3 Å². The summed E-state index contributed by atoms with van der Waals surface area (Å²) in [5, 5.41) is 5.25. The van der Waals surface area contributed by atoms with Crippen molar-refractivity contribution in [1.82, 2.24) is 13.9 Å². The van der Waals surface area contributed by atoms with Crippen molar-refractivity contribution in [2.45, 2.75) is 13.8 Å². The molecular formula is C20H23N5O4. The topological polar surface area (TPSA) is 99.3 Å². The number of aromatic nitrogens is 3. The Hall–Kier alpha value is -3.75. The van der Waals surface area contributed by atoms with Gasteiger partial charge in [0.25, 0.3) is 5.56 Å². The number of carbonyl (C=O) groups excluding carboxylic acids is 2. The number of anilines is 2. The van der Waals surface area contributed by atoms with Crippen LogP contribution in [-0.4, -0.2) is 32.5 Å². The van der Waals surface area contributed by atoms with E-state index in [-0.39, 0.29) is 17.9 Å². The third-order valence-corrected chi connectivity index (χ3v) is 4.54. The van der Waals surface area contributed by atoms with Gasteiger partial charge in [-0.15, -0.1) is 0 Å². The van der Waals surface area contributed by atoms with Gasteiger partial charge < -0.3 is 19.9 Å². The van der Waals surface area contributed by atoms with Crippen LogP contribution in [0.5, 0.6) is 0 Å². The Labute approximate surface area is 167 Å². The number of rotatable bonds is 5. The third kappa shape index (κ3) is 3.93. The smallest absolute Gasteiger partial charge is 0.355 e. The van der Waals surface area contributed by atoms with Crippen LogP contribution in [-0.2, 0) is 18.8 Å². The molecule has 0 unspecified atom stereocenters. The molecule has 2 amide bonds. The lowest BCUT2D eigenvalue weighted by Gasteiger charge is -2.07. The van der Waals surface area contributed by atoms with Gasteiger partial charge in [0.05, 0.1) is 23.7 Å². The van der Waals surface area contributed by atoms with E-state index < -0.39 is 12.0 Å². The Morgan fingerprint density at radius 1 is 1.10 bits per heavy atom. The number of nitrogens with zero attached hydrogens (tertiary/aromatic N) is 3. The standard InChI is InChI=1S/C20H23N5O4/c1-5-29-19(27)16-11-14(12-23(16)3)21-20(28)22-17-13(2)24(4)25(18(17)26)15-9-7-6-8-10-15/h6-12H,5H2,1-4H3,(H2,21,22,28). The molecule has 0 fully saturated rings. The third-order valence-electron chi connectivity index (χ3n) is 4.54. The van der Waals surface area contributed by atoms with Crippen LogP contribution in [0.1, 0.15) is 23.1 Å².